The van der Waals surface area contributed by atoms with Crippen LogP contribution < -0.4 is 10.0 Å². The number of rotatable bonds is 8. The third-order valence-corrected chi connectivity index (χ3v) is 6.80. The maximum atomic E-state index is 13.3. The number of aromatic nitrogens is 1. The predicted octanol–water partition coefficient (Wildman–Crippen LogP) is 5.11. The maximum absolute atomic E-state index is 13.3. The van der Waals surface area contributed by atoms with Crippen LogP contribution in [0.25, 0.3) is 22.0 Å². The molecular weight excluding hydrogens is 559 g/mol. The van der Waals surface area contributed by atoms with E-state index in [0.29, 0.717) is 5.56 Å². The molecule has 4 rings (SSSR count). The molecule has 0 unspecified atom stereocenters. The first-order chi connectivity index (χ1) is 19.2. The van der Waals surface area contributed by atoms with Crippen LogP contribution in [0.15, 0.2) is 72.8 Å². The van der Waals surface area contributed by atoms with Gasteiger partial charge in [0.2, 0.25) is 10.0 Å². The van der Waals surface area contributed by atoms with Crippen LogP contribution in [0.5, 0.6) is 0 Å². The SMILES string of the molecule is COC(=O)[C@H](Cc1ccc(C)cc1)NC(=O)c1cc(NS(C)(=O)=O)c2cc(-c3cccc(C(F)(F)F)c3)ccc2n1. The molecule has 0 fully saturated rings. The quantitative estimate of drug-likeness (QED) is 0.278. The van der Waals surface area contributed by atoms with E-state index in [1.54, 1.807) is 0 Å². The number of pyridine rings is 1. The van der Waals surface area contributed by atoms with E-state index in [0.717, 1.165) is 29.5 Å². The van der Waals surface area contributed by atoms with E-state index in [1.165, 1.54) is 43.5 Å². The Bertz CT molecular complexity index is 1720. The van der Waals surface area contributed by atoms with Crippen molar-refractivity contribution in [1.29, 1.82) is 0 Å². The Morgan fingerprint density at radius 3 is 2.29 bits per heavy atom. The molecule has 12 heteroatoms. The molecule has 1 amide bonds. The van der Waals surface area contributed by atoms with Gasteiger partial charge in [-0.3, -0.25) is 9.52 Å². The van der Waals surface area contributed by atoms with E-state index in [-0.39, 0.29) is 34.3 Å². The highest BCUT2D eigenvalue weighted by Gasteiger charge is 2.30. The molecule has 0 radical (unpaired) electrons. The highest BCUT2D eigenvalue weighted by atomic mass is 32.2. The van der Waals surface area contributed by atoms with Gasteiger partial charge in [-0.05, 0) is 53.9 Å². The summed E-state index contributed by atoms with van der Waals surface area (Å²) in [4.78, 5) is 30.0. The number of aryl methyl sites for hydroxylation is 1. The number of benzene rings is 3. The number of carbonyl (C=O) groups excluding carboxylic acids is 2. The number of methoxy groups -OCH3 is 1. The number of amides is 1. The Kier molecular flexibility index (Phi) is 8.34. The zero-order valence-corrected chi connectivity index (χ0v) is 23.1. The third kappa shape index (κ3) is 7.40. The van der Waals surface area contributed by atoms with Crippen molar-refractivity contribution in [3.05, 3.63) is 95.2 Å². The van der Waals surface area contributed by atoms with E-state index in [2.05, 4.69) is 15.0 Å². The van der Waals surface area contributed by atoms with Crippen LogP contribution in [0, 0.1) is 6.92 Å². The van der Waals surface area contributed by atoms with Crippen LogP contribution in [0.2, 0.25) is 0 Å². The summed E-state index contributed by atoms with van der Waals surface area (Å²) >= 11 is 0. The standard InChI is InChI=1S/C29H26F3N3O5S/c1-17-7-9-18(10-8-17)13-26(28(37)40-2)34-27(36)25-16-24(35-41(3,38)39)22-15-20(11-12-23(22)33-25)19-5-4-6-21(14-19)29(30,31)32/h4-12,14-16,26H,13H2,1-3H3,(H,33,35)(H,34,36)/t26-/m0/s1. The fraction of sp³-hybridized carbons (Fsp3) is 0.207. The first-order valence-corrected chi connectivity index (χ1v) is 14.2. The topological polar surface area (TPSA) is 114 Å². The second-order valence-electron chi connectivity index (χ2n) is 9.48. The van der Waals surface area contributed by atoms with Gasteiger partial charge >= 0.3 is 12.1 Å². The van der Waals surface area contributed by atoms with Crippen molar-refractivity contribution in [1.82, 2.24) is 10.3 Å². The number of hydrogen-bond donors (Lipinski definition) is 2. The molecule has 4 aromatic rings. The molecule has 2 N–H and O–H groups in total. The Labute approximate surface area is 234 Å². The number of ether oxygens (including phenoxy) is 1. The molecule has 0 aliphatic carbocycles. The molecule has 0 bridgehead atoms. The number of esters is 1. The smallest absolute Gasteiger partial charge is 0.416 e. The minimum Gasteiger partial charge on any atom is -0.467 e. The molecule has 1 aromatic heterocycles. The Hall–Kier alpha value is -4.45. The number of sulfonamides is 1. The van der Waals surface area contributed by atoms with Gasteiger partial charge in [-0.1, -0.05) is 48.0 Å². The van der Waals surface area contributed by atoms with Gasteiger partial charge in [0.25, 0.3) is 5.91 Å². The van der Waals surface area contributed by atoms with E-state index in [1.807, 2.05) is 31.2 Å². The summed E-state index contributed by atoms with van der Waals surface area (Å²) in [6, 6.07) is 16.7. The highest BCUT2D eigenvalue weighted by molar-refractivity contribution is 7.92. The summed E-state index contributed by atoms with van der Waals surface area (Å²) in [5.74, 6) is -1.44. The average Bonchev–Trinajstić information content (AvgIpc) is 2.91. The van der Waals surface area contributed by atoms with Crippen molar-refractivity contribution < 1.29 is 35.9 Å². The van der Waals surface area contributed by atoms with E-state index in [9.17, 15) is 31.2 Å². The molecule has 214 valence electrons. The van der Waals surface area contributed by atoms with Crippen molar-refractivity contribution in [3.8, 4) is 11.1 Å². The van der Waals surface area contributed by atoms with Crippen LogP contribution in [0.4, 0.5) is 18.9 Å². The lowest BCUT2D eigenvalue weighted by atomic mass is 10.00. The van der Waals surface area contributed by atoms with Crippen molar-refractivity contribution in [3.63, 3.8) is 0 Å². The number of alkyl halides is 3. The first-order valence-electron chi connectivity index (χ1n) is 12.3. The average molecular weight is 586 g/mol. The molecule has 0 saturated carbocycles. The van der Waals surface area contributed by atoms with Crippen molar-refractivity contribution in [2.24, 2.45) is 0 Å². The summed E-state index contributed by atoms with van der Waals surface area (Å²) in [6.07, 6.45) is -3.48. The molecule has 41 heavy (non-hydrogen) atoms. The second kappa shape index (κ2) is 11.6. The largest absolute Gasteiger partial charge is 0.467 e. The number of anilines is 1. The zero-order valence-electron chi connectivity index (χ0n) is 22.2. The van der Waals surface area contributed by atoms with E-state index in [4.69, 9.17) is 4.74 Å². The third-order valence-electron chi connectivity index (χ3n) is 6.21. The minimum atomic E-state index is -4.54. The van der Waals surface area contributed by atoms with Gasteiger partial charge in [0.05, 0.1) is 30.1 Å². The molecule has 1 atom stereocenters. The molecule has 3 aromatic carbocycles. The molecule has 0 aliphatic rings. The lowest BCUT2D eigenvalue weighted by Crippen LogP contribution is -2.43. The first kappa shape index (κ1) is 29.5. The molecule has 8 nitrogen and oxygen atoms in total. The summed E-state index contributed by atoms with van der Waals surface area (Å²) in [5, 5.41) is 2.86. The van der Waals surface area contributed by atoms with Gasteiger partial charge in [0.15, 0.2) is 0 Å². The Morgan fingerprint density at radius 1 is 0.976 bits per heavy atom. The summed E-state index contributed by atoms with van der Waals surface area (Å²) < 4.78 is 71.3. The number of carbonyl (C=O) groups is 2. The summed E-state index contributed by atoms with van der Waals surface area (Å²) in [7, 11) is -2.64. The predicted molar refractivity (Wildman–Crippen MR) is 149 cm³/mol. The second-order valence-corrected chi connectivity index (χ2v) is 11.2. The van der Waals surface area contributed by atoms with Crippen molar-refractivity contribution >= 4 is 38.5 Å². The molecule has 0 spiro atoms. The van der Waals surface area contributed by atoms with Gasteiger partial charge in [-0.25, -0.2) is 18.2 Å². The summed E-state index contributed by atoms with van der Waals surface area (Å²) in [5.41, 5.74) is 1.61. The number of fused-ring (bicyclic) bond motifs is 1. The maximum Gasteiger partial charge on any atom is 0.416 e. The van der Waals surface area contributed by atoms with Crippen molar-refractivity contribution in [2.45, 2.75) is 25.6 Å². The molecule has 0 saturated heterocycles. The van der Waals surface area contributed by atoms with E-state index < -0.39 is 39.7 Å². The lowest BCUT2D eigenvalue weighted by Gasteiger charge is -2.17. The van der Waals surface area contributed by atoms with Crippen LogP contribution in [-0.4, -0.2) is 44.7 Å². The lowest BCUT2D eigenvalue weighted by molar-refractivity contribution is -0.143. The van der Waals surface area contributed by atoms with Crippen molar-refractivity contribution in [2.75, 3.05) is 18.1 Å². The van der Waals surface area contributed by atoms with Gasteiger partial charge in [-0.2, -0.15) is 13.2 Å². The number of nitrogens with one attached hydrogen (secondary N) is 2. The minimum absolute atomic E-state index is 0.00960. The number of hydrogen-bond acceptors (Lipinski definition) is 6. The Balaban J connectivity index is 1.73. The van der Waals surface area contributed by atoms with Crippen LogP contribution in [0.3, 0.4) is 0 Å². The van der Waals surface area contributed by atoms with E-state index >= 15 is 0 Å². The fourth-order valence-electron chi connectivity index (χ4n) is 4.21. The van der Waals surface area contributed by atoms with Crippen LogP contribution in [0.1, 0.15) is 27.2 Å². The number of halogens is 3. The fourth-order valence-corrected chi connectivity index (χ4v) is 4.78. The Morgan fingerprint density at radius 2 is 1.66 bits per heavy atom. The molecule has 1 heterocycles. The van der Waals surface area contributed by atoms with Gasteiger partial charge in [0, 0.05) is 11.8 Å². The van der Waals surface area contributed by atoms with Crippen LogP contribution >= 0.6 is 0 Å². The van der Waals surface area contributed by atoms with Gasteiger partial charge in [0.1, 0.15) is 11.7 Å². The molecular formula is C29H26F3N3O5S. The monoisotopic (exact) mass is 585 g/mol. The zero-order chi connectivity index (χ0) is 29.9. The number of nitrogens with zero attached hydrogens (tertiary/aromatic N) is 1. The normalized spacial score (nSPS) is 12.5. The van der Waals surface area contributed by atoms with Crippen LogP contribution in [-0.2, 0) is 32.2 Å². The van der Waals surface area contributed by atoms with Gasteiger partial charge < -0.3 is 10.1 Å². The van der Waals surface area contributed by atoms with Gasteiger partial charge in [-0.15, -0.1) is 0 Å². The summed E-state index contributed by atoms with van der Waals surface area (Å²) in [6.45, 7) is 1.92. The highest BCUT2D eigenvalue weighted by Crippen LogP contribution is 2.34. The molecule has 0 aliphatic heterocycles.